The third kappa shape index (κ3) is 3.15. The molecule has 0 aliphatic carbocycles. The van der Waals surface area contributed by atoms with Crippen LogP contribution in [0.25, 0.3) is 9.88 Å². The average molecular weight is 308 g/mol. The third-order valence-corrected chi connectivity index (χ3v) is 6.30. The van der Waals surface area contributed by atoms with Crippen LogP contribution >= 0.6 is 22.7 Å². The maximum Gasteiger partial charge on any atom is 0.133 e. The van der Waals surface area contributed by atoms with E-state index in [9.17, 15) is 0 Å². The van der Waals surface area contributed by atoms with E-state index in [1.807, 2.05) is 28.9 Å². The minimum Gasteiger partial charge on any atom is -0.243 e. The van der Waals surface area contributed by atoms with Crippen molar-refractivity contribution in [2.24, 2.45) is 0 Å². The Kier molecular flexibility index (Phi) is 4.41. The Morgan fingerprint density at radius 1 is 1.00 bits per heavy atom. The second kappa shape index (κ2) is 5.61. The summed E-state index contributed by atoms with van der Waals surface area (Å²) in [5.41, 5.74) is 1.68. The summed E-state index contributed by atoms with van der Waals surface area (Å²) in [6.45, 7) is 15.9. The van der Waals surface area contributed by atoms with Gasteiger partial charge < -0.3 is 0 Å². The molecule has 0 aliphatic heterocycles. The minimum atomic E-state index is 0.201. The van der Waals surface area contributed by atoms with Gasteiger partial charge in [0, 0.05) is 16.0 Å². The Morgan fingerprint density at radius 3 is 2.05 bits per heavy atom. The molecular weight excluding hydrogens is 282 g/mol. The third-order valence-electron chi connectivity index (χ3n) is 3.40. The normalized spacial score (nSPS) is 12.7. The van der Waals surface area contributed by atoms with Crippen molar-refractivity contribution in [1.82, 2.24) is 4.98 Å². The number of nitrogens with zero attached hydrogens (tertiary/aromatic N) is 1. The zero-order valence-corrected chi connectivity index (χ0v) is 15.2. The summed E-state index contributed by atoms with van der Waals surface area (Å²) in [4.78, 5) is 8.84. The summed E-state index contributed by atoms with van der Waals surface area (Å²) in [7, 11) is 0. The highest BCUT2D eigenvalue weighted by atomic mass is 32.1. The van der Waals surface area contributed by atoms with E-state index in [-0.39, 0.29) is 5.41 Å². The molecule has 0 unspecified atom stereocenters. The van der Waals surface area contributed by atoms with Crippen molar-refractivity contribution in [3.8, 4) is 9.88 Å². The zero-order valence-electron chi connectivity index (χ0n) is 13.6. The van der Waals surface area contributed by atoms with Gasteiger partial charge in [-0.15, -0.1) is 22.7 Å². The molecule has 0 saturated carbocycles. The Morgan fingerprint density at radius 2 is 1.65 bits per heavy atom. The molecule has 2 rings (SSSR count). The van der Waals surface area contributed by atoms with Crippen LogP contribution in [-0.2, 0) is 5.41 Å². The Bertz CT molecular complexity index is 582. The molecule has 0 aliphatic rings. The van der Waals surface area contributed by atoms with E-state index in [1.54, 1.807) is 0 Å². The molecule has 0 fully saturated rings. The van der Waals surface area contributed by atoms with Gasteiger partial charge in [0.25, 0.3) is 0 Å². The van der Waals surface area contributed by atoms with Crippen LogP contribution in [-0.4, -0.2) is 4.98 Å². The average Bonchev–Trinajstić information content (AvgIpc) is 2.94. The predicted octanol–water partition coefficient (Wildman–Crippen LogP) is 6.42. The smallest absolute Gasteiger partial charge is 0.133 e. The number of thiophene rings is 1. The van der Waals surface area contributed by atoms with Crippen molar-refractivity contribution in [2.75, 3.05) is 0 Å². The quantitative estimate of drug-likeness (QED) is 0.638. The van der Waals surface area contributed by atoms with Crippen LogP contribution in [0.3, 0.4) is 0 Å². The molecule has 0 spiro atoms. The number of hydrogen-bond acceptors (Lipinski definition) is 3. The highest BCUT2D eigenvalue weighted by molar-refractivity contribution is 7.22. The van der Waals surface area contributed by atoms with E-state index in [0.29, 0.717) is 11.8 Å². The SMILES string of the molecule is CC(C)c1cnc(-c2cc(C(C)(C)C)c(C(C)C)s2)s1. The van der Waals surface area contributed by atoms with Gasteiger partial charge in [-0.3, -0.25) is 0 Å². The van der Waals surface area contributed by atoms with Crippen molar-refractivity contribution >= 4 is 22.7 Å². The van der Waals surface area contributed by atoms with Gasteiger partial charge in [0.15, 0.2) is 0 Å². The van der Waals surface area contributed by atoms with Gasteiger partial charge in [-0.05, 0) is 28.9 Å². The summed E-state index contributed by atoms with van der Waals surface area (Å²) >= 11 is 3.76. The molecule has 0 saturated heterocycles. The molecule has 0 bridgehead atoms. The van der Waals surface area contributed by atoms with Gasteiger partial charge in [0.2, 0.25) is 0 Å². The van der Waals surface area contributed by atoms with E-state index in [4.69, 9.17) is 0 Å². The van der Waals surface area contributed by atoms with Crippen LogP contribution in [0, 0.1) is 0 Å². The number of rotatable bonds is 3. The summed E-state index contributed by atoms with van der Waals surface area (Å²) in [6, 6.07) is 2.36. The topological polar surface area (TPSA) is 12.9 Å². The van der Waals surface area contributed by atoms with E-state index < -0.39 is 0 Å². The first-order valence-corrected chi connectivity index (χ1v) is 8.93. The summed E-state index contributed by atoms with van der Waals surface area (Å²) in [5.74, 6) is 1.14. The second-order valence-corrected chi connectivity index (χ2v) is 9.16. The van der Waals surface area contributed by atoms with Crippen molar-refractivity contribution < 1.29 is 0 Å². The van der Waals surface area contributed by atoms with E-state index in [2.05, 4.69) is 59.5 Å². The Balaban J connectivity index is 2.47. The lowest BCUT2D eigenvalue weighted by Gasteiger charge is -2.20. The molecule has 0 amide bonds. The monoisotopic (exact) mass is 307 g/mol. The van der Waals surface area contributed by atoms with Crippen molar-refractivity contribution in [2.45, 2.75) is 65.7 Å². The molecule has 0 aromatic carbocycles. The molecular formula is C17H25NS2. The van der Waals surface area contributed by atoms with Crippen LogP contribution < -0.4 is 0 Å². The first-order valence-electron chi connectivity index (χ1n) is 7.30. The fourth-order valence-electron chi connectivity index (χ4n) is 2.19. The minimum absolute atomic E-state index is 0.201. The first-order chi connectivity index (χ1) is 9.20. The predicted molar refractivity (Wildman–Crippen MR) is 92.3 cm³/mol. The van der Waals surface area contributed by atoms with Gasteiger partial charge in [0.1, 0.15) is 5.01 Å². The fraction of sp³-hybridized carbons (Fsp3) is 0.588. The molecule has 1 nitrogen and oxygen atoms in total. The first kappa shape index (κ1) is 15.7. The summed E-state index contributed by atoms with van der Waals surface area (Å²) in [5, 5.41) is 1.18. The zero-order chi connectivity index (χ0) is 15.1. The van der Waals surface area contributed by atoms with Crippen molar-refractivity contribution in [1.29, 1.82) is 0 Å². The van der Waals surface area contributed by atoms with Gasteiger partial charge in [0.05, 0.1) is 4.88 Å². The van der Waals surface area contributed by atoms with Crippen LogP contribution in [0.15, 0.2) is 12.3 Å². The maximum absolute atomic E-state index is 4.63. The van der Waals surface area contributed by atoms with E-state index in [1.165, 1.54) is 25.2 Å². The van der Waals surface area contributed by atoms with Gasteiger partial charge in [-0.25, -0.2) is 4.98 Å². The highest BCUT2D eigenvalue weighted by Crippen LogP contribution is 2.42. The maximum atomic E-state index is 4.63. The molecule has 20 heavy (non-hydrogen) atoms. The van der Waals surface area contributed by atoms with Gasteiger partial charge in [-0.1, -0.05) is 48.5 Å². The molecule has 110 valence electrons. The summed E-state index contributed by atoms with van der Waals surface area (Å²) in [6.07, 6.45) is 2.04. The lowest BCUT2D eigenvalue weighted by atomic mass is 9.85. The molecule has 2 aromatic heterocycles. The lowest BCUT2D eigenvalue weighted by Crippen LogP contribution is -2.12. The van der Waals surface area contributed by atoms with Gasteiger partial charge >= 0.3 is 0 Å². The Labute approximate surface area is 131 Å². The number of thiazole rings is 1. The molecule has 3 heteroatoms. The van der Waals surface area contributed by atoms with Crippen LogP contribution in [0.1, 0.15) is 75.6 Å². The molecule has 0 atom stereocenters. The van der Waals surface area contributed by atoms with Crippen molar-refractivity contribution in [3.63, 3.8) is 0 Å². The molecule has 2 aromatic rings. The molecule has 0 radical (unpaired) electrons. The van der Waals surface area contributed by atoms with Crippen LogP contribution in [0.4, 0.5) is 0 Å². The van der Waals surface area contributed by atoms with Gasteiger partial charge in [-0.2, -0.15) is 0 Å². The molecule has 2 heterocycles. The highest BCUT2D eigenvalue weighted by Gasteiger charge is 2.24. The summed E-state index contributed by atoms with van der Waals surface area (Å²) < 4.78 is 0. The Hall–Kier alpha value is -0.670. The number of aromatic nitrogens is 1. The van der Waals surface area contributed by atoms with Crippen LogP contribution in [0.5, 0.6) is 0 Å². The lowest BCUT2D eigenvalue weighted by molar-refractivity contribution is 0.582. The fourth-order valence-corrected chi connectivity index (χ4v) is 4.54. The second-order valence-electron chi connectivity index (χ2n) is 7.02. The van der Waals surface area contributed by atoms with Crippen molar-refractivity contribution in [3.05, 3.63) is 27.6 Å². The van der Waals surface area contributed by atoms with Crippen LogP contribution in [0.2, 0.25) is 0 Å². The van der Waals surface area contributed by atoms with E-state index >= 15 is 0 Å². The largest absolute Gasteiger partial charge is 0.243 e. The number of hydrogen-bond donors (Lipinski definition) is 0. The standard InChI is InChI=1S/C17H25NS2/c1-10(2)14-9-18-16(20-14)13-8-12(17(5,6)7)15(19-13)11(3)4/h8-11H,1-7H3. The molecule has 0 N–H and O–H groups in total. The van der Waals surface area contributed by atoms with E-state index in [0.717, 1.165) is 0 Å².